The molecule has 1 aromatic carbocycles. The topological polar surface area (TPSA) is 137 Å². The molecule has 9 nitrogen and oxygen atoms in total. The van der Waals surface area contributed by atoms with Crippen molar-refractivity contribution >= 4 is 11.6 Å². The molecule has 0 aliphatic carbocycles. The Morgan fingerprint density at radius 2 is 2.04 bits per heavy atom. The Labute approximate surface area is 141 Å². The van der Waals surface area contributed by atoms with Gasteiger partial charge in [-0.3, -0.25) is 19.1 Å². The molecule has 0 spiro atoms. The number of benzene rings is 1. The van der Waals surface area contributed by atoms with E-state index in [2.05, 4.69) is 22.1 Å². The van der Waals surface area contributed by atoms with E-state index in [0.717, 1.165) is 4.57 Å². The maximum Gasteiger partial charge on any atom is 0.331 e. The molecule has 0 aliphatic heterocycles. The summed E-state index contributed by atoms with van der Waals surface area (Å²) in [5.41, 5.74) is 0.237. The van der Waals surface area contributed by atoms with Crippen molar-refractivity contribution in [3.8, 4) is 11.6 Å². The van der Waals surface area contributed by atoms with E-state index in [4.69, 9.17) is 0 Å². The van der Waals surface area contributed by atoms with Crippen LogP contribution in [0.3, 0.4) is 0 Å². The molecule has 130 valence electrons. The highest BCUT2D eigenvalue weighted by molar-refractivity contribution is 6.02. The second-order valence-corrected chi connectivity index (χ2v) is 5.01. The summed E-state index contributed by atoms with van der Waals surface area (Å²) in [4.78, 5) is 37.7. The average Bonchev–Trinajstić information content (AvgIpc) is 2.56. The van der Waals surface area contributed by atoms with Gasteiger partial charge in [0, 0.05) is 6.54 Å². The molecule has 0 fully saturated rings. The quantitative estimate of drug-likeness (QED) is 0.351. The van der Waals surface area contributed by atoms with Crippen LogP contribution < -0.4 is 16.7 Å². The van der Waals surface area contributed by atoms with Crippen LogP contribution in [0.25, 0.3) is 0 Å². The van der Waals surface area contributed by atoms with Gasteiger partial charge in [0.15, 0.2) is 0 Å². The molecule has 1 aromatic heterocycles. The number of H-pyrrole nitrogens is 1. The number of phenolic OH excluding ortho intramolecular Hbond substituents is 1. The second kappa shape index (κ2) is 7.30. The Bertz CT molecular complexity index is 971. The van der Waals surface area contributed by atoms with Gasteiger partial charge < -0.3 is 10.2 Å². The van der Waals surface area contributed by atoms with Gasteiger partial charge in [-0.2, -0.15) is 5.10 Å². The van der Waals surface area contributed by atoms with Gasteiger partial charge in [-0.1, -0.05) is 18.2 Å². The number of hydrazone groups is 1. The van der Waals surface area contributed by atoms with E-state index in [1.165, 1.54) is 25.1 Å². The molecule has 0 aliphatic rings. The fraction of sp³-hybridized carbons (Fsp3) is 0.125. The first-order chi connectivity index (χ1) is 11.9. The molecule has 0 atom stereocenters. The van der Waals surface area contributed by atoms with E-state index >= 15 is 0 Å². The molecule has 25 heavy (non-hydrogen) atoms. The summed E-state index contributed by atoms with van der Waals surface area (Å²) >= 11 is 0. The monoisotopic (exact) mass is 344 g/mol. The smallest absolute Gasteiger partial charge is 0.331 e. The van der Waals surface area contributed by atoms with Gasteiger partial charge in [0.25, 0.3) is 11.5 Å². The Morgan fingerprint density at radius 1 is 1.36 bits per heavy atom. The number of aromatic hydroxyl groups is 2. The van der Waals surface area contributed by atoms with E-state index in [9.17, 15) is 24.6 Å². The molecular formula is C16H16N4O5. The second-order valence-electron chi connectivity index (χ2n) is 5.01. The van der Waals surface area contributed by atoms with Crippen molar-refractivity contribution in [2.45, 2.75) is 13.5 Å². The van der Waals surface area contributed by atoms with E-state index in [1.54, 1.807) is 12.1 Å². The molecule has 0 bridgehead atoms. The zero-order chi connectivity index (χ0) is 18.6. The number of aromatic nitrogens is 2. The van der Waals surface area contributed by atoms with Crippen LogP contribution in [-0.2, 0) is 6.54 Å². The average molecular weight is 344 g/mol. The zero-order valence-electron chi connectivity index (χ0n) is 13.3. The predicted molar refractivity (Wildman–Crippen MR) is 91.0 cm³/mol. The third-order valence-corrected chi connectivity index (χ3v) is 3.32. The molecule has 2 rings (SSSR count). The van der Waals surface area contributed by atoms with Gasteiger partial charge in [0.05, 0.1) is 11.3 Å². The van der Waals surface area contributed by atoms with Crippen LogP contribution in [0.15, 0.2) is 51.6 Å². The highest BCUT2D eigenvalue weighted by Gasteiger charge is 2.17. The standard InChI is InChI=1S/C16H16N4O5/c1-3-8-20-15(24)12(14(23)17-16(20)25)9(2)18-19-13(22)10-6-4-5-7-11(10)21/h3-7,21,24H,1,8H2,2H3,(H,19,22)(H,17,23,25)/b18-9+. The number of rotatable bonds is 5. The number of para-hydroxylation sites is 1. The number of phenols is 1. The summed E-state index contributed by atoms with van der Waals surface area (Å²) in [6, 6.07) is 5.85. The van der Waals surface area contributed by atoms with Gasteiger partial charge in [0.1, 0.15) is 11.3 Å². The Balaban J connectivity index is 2.37. The molecule has 4 N–H and O–H groups in total. The first-order valence-corrected chi connectivity index (χ1v) is 7.16. The lowest BCUT2D eigenvalue weighted by Crippen LogP contribution is -2.34. The highest BCUT2D eigenvalue weighted by Crippen LogP contribution is 2.15. The van der Waals surface area contributed by atoms with Crippen molar-refractivity contribution in [1.82, 2.24) is 15.0 Å². The summed E-state index contributed by atoms with van der Waals surface area (Å²) in [7, 11) is 0. The number of carbonyl (C=O) groups is 1. The Hall–Kier alpha value is -3.62. The van der Waals surface area contributed by atoms with Crippen molar-refractivity contribution < 1.29 is 15.0 Å². The number of nitrogens with zero attached hydrogens (tertiary/aromatic N) is 2. The third-order valence-electron chi connectivity index (χ3n) is 3.32. The molecule has 1 heterocycles. The van der Waals surface area contributed by atoms with Crippen molar-refractivity contribution in [1.29, 1.82) is 0 Å². The van der Waals surface area contributed by atoms with Crippen LogP contribution >= 0.6 is 0 Å². The third kappa shape index (κ3) is 3.66. The molecule has 0 saturated carbocycles. The van der Waals surface area contributed by atoms with Crippen LogP contribution in [0.4, 0.5) is 0 Å². The minimum absolute atomic E-state index is 0.00573. The van der Waals surface area contributed by atoms with Crippen LogP contribution in [0.5, 0.6) is 11.6 Å². The molecular weight excluding hydrogens is 328 g/mol. The van der Waals surface area contributed by atoms with E-state index in [-0.39, 0.29) is 29.1 Å². The number of hydrogen-bond donors (Lipinski definition) is 4. The molecule has 0 unspecified atom stereocenters. The highest BCUT2D eigenvalue weighted by atomic mass is 16.3. The molecule has 2 aromatic rings. The predicted octanol–water partition coefficient (Wildman–Crippen LogP) is 0.288. The van der Waals surface area contributed by atoms with Crippen LogP contribution in [0, 0.1) is 0 Å². The van der Waals surface area contributed by atoms with Crippen LogP contribution in [0.2, 0.25) is 0 Å². The number of nitrogens with one attached hydrogen (secondary N) is 2. The number of allylic oxidation sites excluding steroid dienone is 1. The molecule has 0 saturated heterocycles. The molecule has 0 radical (unpaired) electrons. The van der Waals surface area contributed by atoms with Crippen LogP contribution in [0.1, 0.15) is 22.8 Å². The minimum Gasteiger partial charge on any atom is -0.507 e. The summed E-state index contributed by atoms with van der Waals surface area (Å²) in [6.07, 6.45) is 1.37. The van der Waals surface area contributed by atoms with E-state index in [0.29, 0.717) is 0 Å². The maximum atomic E-state index is 12.0. The summed E-state index contributed by atoms with van der Waals surface area (Å²) in [5.74, 6) is -1.52. The fourth-order valence-corrected chi connectivity index (χ4v) is 2.10. The lowest BCUT2D eigenvalue weighted by Gasteiger charge is -2.09. The number of carbonyl (C=O) groups excluding carboxylic acids is 1. The zero-order valence-corrected chi connectivity index (χ0v) is 13.3. The number of aromatic amines is 1. The van der Waals surface area contributed by atoms with Gasteiger partial charge in [-0.05, 0) is 19.1 Å². The summed E-state index contributed by atoms with van der Waals surface area (Å²) < 4.78 is 0.896. The molecule has 9 heteroatoms. The van der Waals surface area contributed by atoms with Gasteiger partial charge in [-0.15, -0.1) is 6.58 Å². The van der Waals surface area contributed by atoms with Gasteiger partial charge >= 0.3 is 5.69 Å². The van der Waals surface area contributed by atoms with Crippen molar-refractivity contribution in [2.24, 2.45) is 5.10 Å². The molecule has 1 amide bonds. The van der Waals surface area contributed by atoms with Crippen molar-refractivity contribution in [3.63, 3.8) is 0 Å². The summed E-state index contributed by atoms with van der Waals surface area (Å²) in [6.45, 7) is 4.81. The van der Waals surface area contributed by atoms with E-state index < -0.39 is 23.0 Å². The minimum atomic E-state index is -0.846. The Kier molecular flexibility index (Phi) is 5.18. The largest absolute Gasteiger partial charge is 0.507 e. The SMILES string of the molecule is C=CCn1c(O)c(/C(C)=N/NC(=O)c2ccccc2O)c(=O)[nH]c1=O. The van der Waals surface area contributed by atoms with Gasteiger partial charge in [-0.25, -0.2) is 10.2 Å². The summed E-state index contributed by atoms with van der Waals surface area (Å²) in [5, 5.41) is 23.5. The number of hydrogen-bond acceptors (Lipinski definition) is 6. The fourth-order valence-electron chi connectivity index (χ4n) is 2.10. The first-order valence-electron chi connectivity index (χ1n) is 7.16. The van der Waals surface area contributed by atoms with Crippen molar-refractivity contribution in [2.75, 3.05) is 0 Å². The Morgan fingerprint density at radius 3 is 2.68 bits per heavy atom. The normalized spacial score (nSPS) is 11.2. The van der Waals surface area contributed by atoms with E-state index in [1.807, 2.05) is 0 Å². The first kappa shape index (κ1) is 17.7. The lowest BCUT2D eigenvalue weighted by atomic mass is 10.2. The lowest BCUT2D eigenvalue weighted by molar-refractivity contribution is 0.0952. The van der Waals surface area contributed by atoms with Gasteiger partial charge in [0.2, 0.25) is 5.88 Å². The van der Waals surface area contributed by atoms with Crippen LogP contribution in [-0.4, -0.2) is 31.4 Å². The maximum absolute atomic E-state index is 12.0. The van der Waals surface area contributed by atoms with Crippen molar-refractivity contribution in [3.05, 3.63) is 68.9 Å². The number of amides is 1.